The number of methoxy groups -OCH3 is 1. The van der Waals surface area contributed by atoms with Crippen LogP contribution in [-0.4, -0.2) is 19.8 Å². The largest absolute Gasteiger partial charge is 0.492 e. The fourth-order valence-electron chi connectivity index (χ4n) is 1.27. The van der Waals surface area contributed by atoms with Gasteiger partial charge in [0.1, 0.15) is 6.61 Å². The van der Waals surface area contributed by atoms with Crippen molar-refractivity contribution in [1.29, 1.82) is 0 Å². The molecule has 3 rings (SSSR count). The van der Waals surface area contributed by atoms with Gasteiger partial charge in [-0.2, -0.15) is 0 Å². The van der Waals surface area contributed by atoms with E-state index >= 15 is 0 Å². The summed E-state index contributed by atoms with van der Waals surface area (Å²) in [4.78, 5) is 0. The summed E-state index contributed by atoms with van der Waals surface area (Å²) in [5.74, 6) is 1.75. The lowest BCUT2D eigenvalue weighted by atomic mass is 10.2. The van der Waals surface area contributed by atoms with Crippen molar-refractivity contribution in [3.05, 3.63) is 23.8 Å². The lowest BCUT2D eigenvalue weighted by Crippen LogP contribution is -1.83. The van der Waals surface area contributed by atoms with Crippen molar-refractivity contribution in [2.24, 2.45) is 0 Å². The van der Waals surface area contributed by atoms with E-state index in [1.54, 1.807) is 7.11 Å². The van der Waals surface area contributed by atoms with Gasteiger partial charge in [0.15, 0.2) is 11.5 Å². The third-order valence-corrected chi connectivity index (χ3v) is 2.15. The molecule has 0 N–H and O–H groups in total. The van der Waals surface area contributed by atoms with E-state index in [1.165, 1.54) is 0 Å². The topological polar surface area (TPSA) is 31.0 Å². The highest BCUT2D eigenvalue weighted by Gasteiger charge is 2.16. The molecule has 1 aromatic carbocycles. The molecule has 1 fully saturated rings. The van der Waals surface area contributed by atoms with E-state index in [0.717, 1.165) is 23.7 Å². The Morgan fingerprint density at radius 2 is 2.14 bits per heavy atom. The Kier molecular flexibility index (Phi) is 2.59. The lowest BCUT2D eigenvalue weighted by molar-refractivity contribution is 0.322. The Hall–Kier alpha value is -1.22. The Balaban J connectivity index is 0.000000157. The molecule has 14 heavy (non-hydrogen) atoms. The number of hydrogen-bond donors (Lipinski definition) is 0. The summed E-state index contributed by atoms with van der Waals surface area (Å²) < 4.78 is 15.1. The molecule has 0 saturated carbocycles. The van der Waals surface area contributed by atoms with Crippen LogP contribution in [0.15, 0.2) is 18.2 Å². The van der Waals surface area contributed by atoms with Gasteiger partial charge in [-0.1, -0.05) is 12.1 Å². The van der Waals surface area contributed by atoms with E-state index in [2.05, 4.69) is 6.92 Å². The standard InChI is InChI=1S/C8H8O2.C3H6O/c1-9-8-6-3-2-4-7(8)10-5-6;1-3-2-4-3/h2-4H,5H2,1H3;3H,2H2,1H3. The maximum Gasteiger partial charge on any atom is 0.167 e. The predicted molar refractivity (Wildman–Crippen MR) is 52.7 cm³/mol. The van der Waals surface area contributed by atoms with Crippen LogP contribution in [0.5, 0.6) is 11.5 Å². The normalized spacial score (nSPS) is 20.6. The molecule has 3 heteroatoms. The first-order chi connectivity index (χ1) is 6.81. The van der Waals surface area contributed by atoms with Crippen LogP contribution >= 0.6 is 0 Å². The molecule has 76 valence electrons. The minimum absolute atomic E-state index is 0.583. The van der Waals surface area contributed by atoms with Gasteiger partial charge in [0.2, 0.25) is 0 Å². The van der Waals surface area contributed by atoms with Gasteiger partial charge in [0, 0.05) is 5.56 Å². The van der Waals surface area contributed by atoms with Gasteiger partial charge in [0.25, 0.3) is 0 Å². The summed E-state index contributed by atoms with van der Waals surface area (Å²) in [6.07, 6.45) is 0.583. The molecule has 0 aliphatic carbocycles. The smallest absolute Gasteiger partial charge is 0.167 e. The second-order valence-corrected chi connectivity index (χ2v) is 3.38. The van der Waals surface area contributed by atoms with E-state index in [9.17, 15) is 0 Å². The molecule has 2 bridgehead atoms. The minimum Gasteiger partial charge on any atom is -0.492 e. The number of epoxide rings is 1. The van der Waals surface area contributed by atoms with Crippen molar-refractivity contribution in [3.8, 4) is 11.5 Å². The molecule has 1 atom stereocenters. The summed E-state index contributed by atoms with van der Waals surface area (Å²) in [6, 6.07) is 5.89. The fraction of sp³-hybridized carbons (Fsp3) is 0.455. The highest BCUT2D eigenvalue weighted by Crippen LogP contribution is 2.37. The predicted octanol–water partition coefficient (Wildman–Crippen LogP) is 1.99. The average Bonchev–Trinajstić information content (AvgIpc) is 2.94. The third kappa shape index (κ3) is 1.99. The Morgan fingerprint density at radius 1 is 1.43 bits per heavy atom. The van der Waals surface area contributed by atoms with Crippen molar-refractivity contribution in [3.63, 3.8) is 0 Å². The molecule has 0 spiro atoms. The number of ether oxygens (including phenoxy) is 3. The van der Waals surface area contributed by atoms with Crippen LogP contribution in [0, 0.1) is 0 Å². The van der Waals surface area contributed by atoms with Crippen molar-refractivity contribution in [2.75, 3.05) is 13.7 Å². The molecule has 0 amide bonds. The van der Waals surface area contributed by atoms with Crippen molar-refractivity contribution >= 4 is 0 Å². The van der Waals surface area contributed by atoms with Gasteiger partial charge in [-0.05, 0) is 13.0 Å². The summed E-state index contributed by atoms with van der Waals surface area (Å²) in [6.45, 7) is 3.70. The van der Waals surface area contributed by atoms with Crippen molar-refractivity contribution in [1.82, 2.24) is 0 Å². The van der Waals surface area contributed by atoms with Crippen LogP contribution in [-0.2, 0) is 11.3 Å². The summed E-state index contributed by atoms with van der Waals surface area (Å²) in [5.41, 5.74) is 1.14. The van der Waals surface area contributed by atoms with Crippen LogP contribution < -0.4 is 9.47 Å². The Bertz CT molecular complexity index is 296. The third-order valence-electron chi connectivity index (χ3n) is 2.15. The maximum absolute atomic E-state index is 5.28. The van der Waals surface area contributed by atoms with E-state index in [0.29, 0.717) is 12.7 Å². The van der Waals surface area contributed by atoms with Gasteiger partial charge < -0.3 is 14.2 Å². The zero-order valence-electron chi connectivity index (χ0n) is 8.45. The maximum atomic E-state index is 5.28. The van der Waals surface area contributed by atoms with Crippen LogP contribution in [0.4, 0.5) is 0 Å². The summed E-state index contributed by atoms with van der Waals surface area (Å²) in [7, 11) is 1.66. The summed E-state index contributed by atoms with van der Waals surface area (Å²) >= 11 is 0. The molecule has 2 heterocycles. The highest BCUT2D eigenvalue weighted by molar-refractivity contribution is 5.49. The lowest BCUT2D eigenvalue weighted by Gasteiger charge is -1.98. The van der Waals surface area contributed by atoms with E-state index in [-0.39, 0.29) is 0 Å². The first-order valence-electron chi connectivity index (χ1n) is 4.71. The molecule has 0 aromatic heterocycles. The Morgan fingerprint density at radius 3 is 2.57 bits per heavy atom. The Labute approximate surface area is 83.6 Å². The number of para-hydroxylation sites is 1. The molecule has 1 aromatic rings. The minimum atomic E-state index is 0.583. The molecular formula is C11H14O3. The van der Waals surface area contributed by atoms with Crippen LogP contribution in [0.25, 0.3) is 0 Å². The fourth-order valence-corrected chi connectivity index (χ4v) is 1.27. The van der Waals surface area contributed by atoms with Crippen LogP contribution in [0.2, 0.25) is 0 Å². The van der Waals surface area contributed by atoms with Gasteiger partial charge >= 0.3 is 0 Å². The SMILES string of the molecule is CC1CO1.COc1c2cccc1OC2. The van der Waals surface area contributed by atoms with Gasteiger partial charge in [-0.15, -0.1) is 0 Å². The number of benzene rings is 1. The number of rotatable bonds is 1. The first kappa shape index (κ1) is 9.34. The van der Waals surface area contributed by atoms with E-state index in [1.807, 2.05) is 18.2 Å². The number of hydrogen-bond acceptors (Lipinski definition) is 3. The molecule has 1 saturated heterocycles. The second kappa shape index (κ2) is 3.88. The highest BCUT2D eigenvalue weighted by atomic mass is 16.6. The quantitative estimate of drug-likeness (QED) is 0.640. The van der Waals surface area contributed by atoms with Gasteiger partial charge in [-0.25, -0.2) is 0 Å². The molecule has 2 aliphatic rings. The van der Waals surface area contributed by atoms with Crippen LogP contribution in [0.1, 0.15) is 12.5 Å². The van der Waals surface area contributed by atoms with Crippen molar-refractivity contribution in [2.45, 2.75) is 19.6 Å². The van der Waals surface area contributed by atoms with Crippen LogP contribution in [0.3, 0.4) is 0 Å². The second-order valence-electron chi connectivity index (χ2n) is 3.38. The van der Waals surface area contributed by atoms with Gasteiger partial charge in [-0.3, -0.25) is 0 Å². The zero-order chi connectivity index (χ0) is 9.97. The summed E-state index contributed by atoms with van der Waals surface area (Å²) in [5, 5.41) is 0. The average molecular weight is 194 g/mol. The number of fused-ring (bicyclic) bond motifs is 2. The monoisotopic (exact) mass is 194 g/mol. The molecule has 2 aliphatic heterocycles. The molecule has 0 radical (unpaired) electrons. The van der Waals surface area contributed by atoms with Gasteiger partial charge in [0.05, 0.1) is 19.8 Å². The van der Waals surface area contributed by atoms with E-state index in [4.69, 9.17) is 14.2 Å². The van der Waals surface area contributed by atoms with Crippen molar-refractivity contribution < 1.29 is 14.2 Å². The van der Waals surface area contributed by atoms with E-state index < -0.39 is 0 Å². The molecule has 1 unspecified atom stereocenters. The molecule has 3 nitrogen and oxygen atoms in total. The first-order valence-corrected chi connectivity index (χ1v) is 4.71. The molecular weight excluding hydrogens is 180 g/mol. The zero-order valence-corrected chi connectivity index (χ0v) is 8.45.